The zero-order chi connectivity index (χ0) is 14.8. The number of hydrogen-bond donors (Lipinski definition) is 2. The number of carbonyl (C=O) groups excluding carboxylic acids is 2. The van der Waals surface area contributed by atoms with Crippen LogP contribution in [0.25, 0.3) is 0 Å². The van der Waals surface area contributed by atoms with E-state index in [4.69, 9.17) is 5.73 Å². The van der Waals surface area contributed by atoms with Crippen molar-refractivity contribution in [3.63, 3.8) is 0 Å². The van der Waals surface area contributed by atoms with Gasteiger partial charge in [-0.3, -0.25) is 14.8 Å². The molecule has 2 amide bonds. The van der Waals surface area contributed by atoms with Crippen LogP contribution in [-0.2, 0) is 9.59 Å². The third-order valence-electron chi connectivity index (χ3n) is 3.10. The summed E-state index contributed by atoms with van der Waals surface area (Å²) in [6, 6.07) is 0.0178. The maximum absolute atomic E-state index is 11.0. The Labute approximate surface area is 114 Å². The van der Waals surface area contributed by atoms with Crippen LogP contribution < -0.4 is 5.73 Å². The Balaban J connectivity index is 0.000000399. The summed E-state index contributed by atoms with van der Waals surface area (Å²) in [6.45, 7) is 8.56. The van der Waals surface area contributed by atoms with E-state index in [1.807, 2.05) is 6.92 Å². The molecule has 0 unspecified atom stereocenters. The van der Waals surface area contributed by atoms with Crippen molar-refractivity contribution in [1.29, 1.82) is 0 Å². The van der Waals surface area contributed by atoms with Crippen molar-refractivity contribution in [2.45, 2.75) is 51.5 Å². The Hall–Kier alpha value is -1.62. The molecule has 5 nitrogen and oxygen atoms in total. The van der Waals surface area contributed by atoms with Crippen LogP contribution in [0.2, 0.25) is 0 Å². The maximum atomic E-state index is 11.0. The second kappa shape index (κ2) is 9.33. The molecule has 1 rings (SSSR count). The lowest BCUT2D eigenvalue weighted by Gasteiger charge is -2.28. The number of amides is 2. The number of nitrogens with two attached hydrogens (primary N) is 1. The normalized spacial score (nSPS) is 14.8. The summed E-state index contributed by atoms with van der Waals surface area (Å²) >= 11 is 0. The molecule has 1 fully saturated rings. The van der Waals surface area contributed by atoms with Gasteiger partial charge in [-0.2, -0.15) is 0 Å². The molecule has 0 bridgehead atoms. The first-order chi connectivity index (χ1) is 8.93. The lowest BCUT2D eigenvalue weighted by atomic mass is 9.95. The minimum Gasteiger partial charge on any atom is -0.366 e. The molecule has 19 heavy (non-hydrogen) atoms. The molecular weight excluding hydrogens is 244 g/mol. The molecular formula is C14H24N2O3. The summed E-state index contributed by atoms with van der Waals surface area (Å²) in [6.07, 6.45) is 7.04. The third kappa shape index (κ3) is 6.76. The molecule has 0 saturated heterocycles. The minimum absolute atomic E-state index is 0.0178. The van der Waals surface area contributed by atoms with Gasteiger partial charge in [0.15, 0.2) is 0 Å². The molecule has 0 aromatic carbocycles. The highest BCUT2D eigenvalue weighted by Crippen LogP contribution is 2.21. The van der Waals surface area contributed by atoms with Crippen molar-refractivity contribution in [2.24, 2.45) is 5.73 Å². The zero-order valence-corrected chi connectivity index (χ0v) is 11.6. The van der Waals surface area contributed by atoms with E-state index in [2.05, 4.69) is 13.2 Å². The number of rotatable bonds is 4. The van der Waals surface area contributed by atoms with Crippen molar-refractivity contribution in [2.75, 3.05) is 0 Å². The van der Waals surface area contributed by atoms with Gasteiger partial charge in [0.25, 0.3) is 5.91 Å². The number of hydroxylamine groups is 2. The second-order valence-electron chi connectivity index (χ2n) is 4.50. The number of primary amides is 1. The monoisotopic (exact) mass is 268 g/mol. The van der Waals surface area contributed by atoms with Gasteiger partial charge in [-0.25, -0.2) is 5.06 Å². The highest BCUT2D eigenvalue weighted by atomic mass is 16.5. The number of hydrogen-bond acceptors (Lipinski definition) is 3. The van der Waals surface area contributed by atoms with Gasteiger partial charge in [0.2, 0.25) is 5.91 Å². The van der Waals surface area contributed by atoms with E-state index < -0.39 is 5.91 Å². The molecule has 1 saturated carbocycles. The summed E-state index contributed by atoms with van der Waals surface area (Å²) in [5, 5.41) is 10.2. The van der Waals surface area contributed by atoms with Crippen LogP contribution in [0.4, 0.5) is 0 Å². The first-order valence-electron chi connectivity index (χ1n) is 6.56. The Kier molecular flexibility index (Phi) is 8.53. The SMILES string of the molecule is C=C(CC)C(N)=O.C=CC(=O)N(O)C1CCCCC1. The largest absolute Gasteiger partial charge is 0.366 e. The van der Waals surface area contributed by atoms with Crippen molar-refractivity contribution < 1.29 is 14.8 Å². The average molecular weight is 268 g/mol. The molecule has 0 aromatic rings. The molecule has 3 N–H and O–H groups in total. The van der Waals surface area contributed by atoms with Crippen molar-refractivity contribution in [1.82, 2.24) is 5.06 Å². The predicted molar refractivity (Wildman–Crippen MR) is 74.3 cm³/mol. The van der Waals surface area contributed by atoms with Gasteiger partial charge in [-0.1, -0.05) is 39.3 Å². The van der Waals surface area contributed by atoms with Crippen LogP contribution in [0, 0.1) is 0 Å². The average Bonchev–Trinajstić information content (AvgIpc) is 2.46. The summed E-state index contributed by atoms with van der Waals surface area (Å²) < 4.78 is 0. The van der Waals surface area contributed by atoms with Gasteiger partial charge in [0.1, 0.15) is 0 Å². The van der Waals surface area contributed by atoms with Crippen molar-refractivity contribution in [3.05, 3.63) is 24.8 Å². The molecule has 0 atom stereocenters. The molecule has 0 heterocycles. The van der Waals surface area contributed by atoms with Gasteiger partial charge in [-0.05, 0) is 25.3 Å². The fourth-order valence-electron chi connectivity index (χ4n) is 1.77. The minimum atomic E-state index is -0.400. The lowest BCUT2D eigenvalue weighted by molar-refractivity contribution is -0.172. The highest BCUT2D eigenvalue weighted by Gasteiger charge is 2.21. The van der Waals surface area contributed by atoms with Crippen molar-refractivity contribution >= 4 is 11.8 Å². The molecule has 0 aromatic heterocycles. The van der Waals surface area contributed by atoms with E-state index in [1.54, 1.807) is 0 Å². The van der Waals surface area contributed by atoms with Gasteiger partial charge in [-0.15, -0.1) is 0 Å². The quantitative estimate of drug-likeness (QED) is 0.465. The highest BCUT2D eigenvalue weighted by molar-refractivity contribution is 5.91. The van der Waals surface area contributed by atoms with Crippen molar-refractivity contribution in [3.8, 4) is 0 Å². The van der Waals surface area contributed by atoms with E-state index in [0.717, 1.165) is 36.8 Å². The summed E-state index contributed by atoms with van der Waals surface area (Å²) in [5.41, 5.74) is 5.29. The van der Waals surface area contributed by atoms with Crippen LogP contribution in [0.15, 0.2) is 24.8 Å². The predicted octanol–water partition coefficient (Wildman–Crippen LogP) is 2.16. The maximum Gasteiger partial charge on any atom is 0.269 e. The summed E-state index contributed by atoms with van der Waals surface area (Å²) in [7, 11) is 0. The Morgan fingerprint density at radius 3 is 2.21 bits per heavy atom. The van der Waals surface area contributed by atoms with Crippen LogP contribution in [0.3, 0.4) is 0 Å². The zero-order valence-electron chi connectivity index (χ0n) is 11.6. The Morgan fingerprint density at radius 2 is 1.89 bits per heavy atom. The van der Waals surface area contributed by atoms with Crippen LogP contribution in [-0.4, -0.2) is 28.1 Å². The molecule has 0 aliphatic heterocycles. The summed E-state index contributed by atoms with van der Waals surface area (Å²) in [4.78, 5) is 21.0. The fraction of sp³-hybridized carbons (Fsp3) is 0.571. The Morgan fingerprint density at radius 1 is 1.37 bits per heavy atom. The van der Waals surface area contributed by atoms with Crippen LogP contribution in [0.1, 0.15) is 45.4 Å². The third-order valence-corrected chi connectivity index (χ3v) is 3.10. The standard InChI is InChI=1S/C9H15NO2.C5H9NO/c1-2-9(11)10(12)8-6-4-3-5-7-8;1-3-4(2)5(6)7/h2,8,12H,1,3-7H2;2-3H2,1H3,(H2,6,7). The first kappa shape index (κ1) is 17.4. The van der Waals surface area contributed by atoms with Gasteiger partial charge < -0.3 is 5.73 Å². The first-order valence-corrected chi connectivity index (χ1v) is 6.56. The molecule has 0 radical (unpaired) electrons. The topological polar surface area (TPSA) is 83.6 Å². The second-order valence-corrected chi connectivity index (χ2v) is 4.50. The van der Waals surface area contributed by atoms with E-state index in [-0.39, 0.29) is 11.9 Å². The van der Waals surface area contributed by atoms with E-state index in [1.165, 1.54) is 6.42 Å². The van der Waals surface area contributed by atoms with Gasteiger partial charge in [0.05, 0.1) is 6.04 Å². The number of carbonyl (C=O) groups is 2. The van der Waals surface area contributed by atoms with E-state index in [0.29, 0.717) is 12.0 Å². The van der Waals surface area contributed by atoms with Crippen LogP contribution >= 0.6 is 0 Å². The lowest BCUT2D eigenvalue weighted by Crippen LogP contribution is -2.37. The summed E-state index contributed by atoms with van der Waals surface area (Å²) in [5.74, 6) is -0.788. The fourth-order valence-corrected chi connectivity index (χ4v) is 1.77. The Bertz CT molecular complexity index is 334. The molecule has 5 heteroatoms. The van der Waals surface area contributed by atoms with E-state index in [9.17, 15) is 14.8 Å². The van der Waals surface area contributed by atoms with E-state index >= 15 is 0 Å². The molecule has 0 spiro atoms. The molecule has 108 valence electrons. The molecule has 1 aliphatic carbocycles. The smallest absolute Gasteiger partial charge is 0.269 e. The molecule has 1 aliphatic rings. The van der Waals surface area contributed by atoms with Crippen LogP contribution in [0.5, 0.6) is 0 Å². The number of nitrogens with zero attached hydrogens (tertiary/aromatic N) is 1. The van der Waals surface area contributed by atoms with Gasteiger partial charge in [0, 0.05) is 5.57 Å². The van der Waals surface area contributed by atoms with Gasteiger partial charge >= 0.3 is 0 Å².